The van der Waals surface area contributed by atoms with Gasteiger partial charge in [0.1, 0.15) is 6.61 Å². The molecule has 10 heteroatoms. The van der Waals surface area contributed by atoms with E-state index in [9.17, 15) is 14.4 Å². The van der Waals surface area contributed by atoms with Crippen LogP contribution < -0.4 is 16.0 Å². The van der Waals surface area contributed by atoms with Crippen molar-refractivity contribution in [3.63, 3.8) is 0 Å². The fourth-order valence-electron chi connectivity index (χ4n) is 2.81. The van der Waals surface area contributed by atoms with Crippen LogP contribution in [0.3, 0.4) is 0 Å². The van der Waals surface area contributed by atoms with Crippen molar-refractivity contribution in [1.29, 1.82) is 0 Å². The van der Waals surface area contributed by atoms with Crippen LogP contribution in [-0.2, 0) is 28.6 Å². The molecule has 34 heavy (non-hydrogen) atoms. The van der Waals surface area contributed by atoms with Gasteiger partial charge in [-0.3, -0.25) is 14.4 Å². The van der Waals surface area contributed by atoms with Crippen molar-refractivity contribution in [2.45, 2.75) is 64.7 Å². The van der Waals surface area contributed by atoms with Crippen LogP contribution in [-0.4, -0.2) is 82.2 Å². The first-order valence-corrected chi connectivity index (χ1v) is 12.3. The second-order valence-corrected chi connectivity index (χ2v) is 8.05. The number of unbranched alkanes of at least 4 members (excludes halogenated alkanes) is 4. The highest BCUT2D eigenvalue weighted by Crippen LogP contribution is 1.98. The average Bonchev–Trinajstić information content (AvgIpc) is 2.78. The smallest absolute Gasteiger partial charge is 0.303 e. The van der Waals surface area contributed by atoms with Crippen LogP contribution in [0.4, 0.5) is 0 Å². The molecule has 198 valence electrons. The maximum absolute atomic E-state index is 11.7. The number of amides is 2. The molecule has 0 fully saturated rings. The lowest BCUT2D eigenvalue weighted by atomic mass is 10.2. The quantitative estimate of drug-likeness (QED) is 0.144. The number of carbonyl (C=O) groups is 3. The summed E-state index contributed by atoms with van der Waals surface area (Å²) in [6.45, 7) is 10.1. The largest absolute Gasteiger partial charge is 0.481 e. The van der Waals surface area contributed by atoms with Gasteiger partial charge in [-0.15, -0.1) is 0 Å². The Morgan fingerprint density at radius 3 is 1.82 bits per heavy atom. The van der Waals surface area contributed by atoms with Gasteiger partial charge in [0.25, 0.3) is 0 Å². The van der Waals surface area contributed by atoms with Crippen molar-refractivity contribution < 1.29 is 33.7 Å². The van der Waals surface area contributed by atoms with E-state index in [-0.39, 0.29) is 24.8 Å². The highest BCUT2D eigenvalue weighted by atomic mass is 16.5. The summed E-state index contributed by atoms with van der Waals surface area (Å²) < 4.78 is 16.2. The van der Waals surface area contributed by atoms with Gasteiger partial charge >= 0.3 is 5.97 Å². The molecular formula is C24H45N3O7. The number of aliphatic carboxylic acids is 1. The number of hydrogen-bond donors (Lipinski definition) is 4. The minimum atomic E-state index is -0.796. The molecule has 10 nitrogen and oxygen atoms in total. The Bertz CT molecular complexity index is 511. The summed E-state index contributed by atoms with van der Waals surface area (Å²) in [5.74, 6) is -0.964. The van der Waals surface area contributed by atoms with E-state index in [4.69, 9.17) is 19.3 Å². The lowest BCUT2D eigenvalue weighted by Crippen LogP contribution is -2.30. The zero-order valence-electron chi connectivity index (χ0n) is 20.8. The number of carboxylic acids is 1. The summed E-state index contributed by atoms with van der Waals surface area (Å²) in [5, 5.41) is 17.2. The Labute approximate surface area is 204 Å². The Balaban J connectivity index is 3.29. The predicted molar refractivity (Wildman–Crippen MR) is 130 cm³/mol. The minimum absolute atomic E-state index is 0.0229. The minimum Gasteiger partial charge on any atom is -0.481 e. The second kappa shape index (κ2) is 24.0. The molecule has 0 heterocycles. The van der Waals surface area contributed by atoms with Crippen molar-refractivity contribution in [2.24, 2.45) is 0 Å². The topological polar surface area (TPSA) is 135 Å². The van der Waals surface area contributed by atoms with E-state index >= 15 is 0 Å². The first-order chi connectivity index (χ1) is 16.4. The van der Waals surface area contributed by atoms with E-state index in [0.29, 0.717) is 65.4 Å². The van der Waals surface area contributed by atoms with Crippen LogP contribution in [0, 0.1) is 0 Å². The third kappa shape index (κ3) is 26.1. The number of ether oxygens (including phenoxy) is 3. The monoisotopic (exact) mass is 487 g/mol. The molecule has 2 amide bonds. The van der Waals surface area contributed by atoms with E-state index < -0.39 is 5.97 Å². The van der Waals surface area contributed by atoms with E-state index in [1.165, 1.54) is 0 Å². The van der Waals surface area contributed by atoms with Crippen LogP contribution >= 0.6 is 0 Å². The first kappa shape index (κ1) is 31.8. The molecule has 0 saturated carbocycles. The second-order valence-electron chi connectivity index (χ2n) is 8.05. The number of rotatable bonds is 25. The van der Waals surface area contributed by atoms with E-state index in [1.807, 2.05) is 6.92 Å². The normalized spacial score (nSPS) is 10.6. The molecular weight excluding hydrogens is 442 g/mol. The van der Waals surface area contributed by atoms with Gasteiger partial charge in [0.15, 0.2) is 0 Å². The maximum atomic E-state index is 11.7. The number of carbonyl (C=O) groups excluding carboxylic acids is 2. The SMILES string of the molecule is C=C(C)NCCCCCOCC(=O)NCCOCCCCC(=O)NCCOCCCCC(=O)O. The standard InChI is InChI=1S/C24H45N3O7/c1-21(2)25-12-6-3-7-17-34-20-23(29)27-14-19-32-15-8-4-10-22(28)26-13-18-33-16-9-5-11-24(30)31/h25H,1,3-20H2,2H3,(H,26,28)(H,27,29)(H,30,31). The van der Waals surface area contributed by atoms with Crippen molar-refractivity contribution in [2.75, 3.05) is 59.3 Å². The van der Waals surface area contributed by atoms with Gasteiger partial charge in [-0.1, -0.05) is 6.58 Å². The third-order valence-corrected chi connectivity index (χ3v) is 4.63. The zero-order valence-corrected chi connectivity index (χ0v) is 20.8. The number of nitrogens with one attached hydrogen (secondary N) is 3. The van der Waals surface area contributed by atoms with E-state index in [2.05, 4.69) is 22.5 Å². The lowest BCUT2D eigenvalue weighted by Gasteiger charge is -2.08. The Hall–Kier alpha value is -2.17. The first-order valence-electron chi connectivity index (χ1n) is 12.3. The van der Waals surface area contributed by atoms with Gasteiger partial charge < -0.3 is 35.3 Å². The van der Waals surface area contributed by atoms with Crippen LogP contribution in [0.1, 0.15) is 64.7 Å². The molecule has 0 unspecified atom stereocenters. The Morgan fingerprint density at radius 1 is 0.647 bits per heavy atom. The summed E-state index contributed by atoms with van der Waals surface area (Å²) in [4.78, 5) is 33.8. The maximum Gasteiger partial charge on any atom is 0.303 e. The van der Waals surface area contributed by atoms with Gasteiger partial charge in [0, 0.05) is 58.0 Å². The molecule has 0 aromatic heterocycles. The summed E-state index contributed by atoms with van der Waals surface area (Å²) in [7, 11) is 0. The van der Waals surface area contributed by atoms with Crippen LogP contribution in [0.5, 0.6) is 0 Å². The highest BCUT2D eigenvalue weighted by molar-refractivity contribution is 5.77. The van der Waals surface area contributed by atoms with Gasteiger partial charge in [0.2, 0.25) is 11.8 Å². The van der Waals surface area contributed by atoms with Crippen molar-refractivity contribution in [3.05, 3.63) is 12.3 Å². The molecule has 0 spiro atoms. The zero-order chi connectivity index (χ0) is 25.3. The summed E-state index contributed by atoms with van der Waals surface area (Å²) in [6.07, 6.45) is 6.41. The molecule has 0 radical (unpaired) electrons. The van der Waals surface area contributed by atoms with E-state index in [1.54, 1.807) is 0 Å². The molecule has 0 aliphatic rings. The van der Waals surface area contributed by atoms with Gasteiger partial charge in [-0.2, -0.15) is 0 Å². The lowest BCUT2D eigenvalue weighted by molar-refractivity contribution is -0.137. The summed E-state index contributed by atoms with van der Waals surface area (Å²) >= 11 is 0. The average molecular weight is 488 g/mol. The molecule has 0 aliphatic carbocycles. The van der Waals surface area contributed by atoms with Gasteiger partial charge in [0.05, 0.1) is 13.2 Å². The number of hydrogen-bond acceptors (Lipinski definition) is 7. The molecule has 0 aromatic carbocycles. The molecule has 0 saturated heterocycles. The molecule has 0 rings (SSSR count). The summed E-state index contributed by atoms with van der Waals surface area (Å²) in [6, 6.07) is 0. The van der Waals surface area contributed by atoms with Crippen molar-refractivity contribution in [1.82, 2.24) is 16.0 Å². The fourth-order valence-corrected chi connectivity index (χ4v) is 2.81. The molecule has 0 atom stereocenters. The van der Waals surface area contributed by atoms with Crippen molar-refractivity contribution >= 4 is 17.8 Å². The van der Waals surface area contributed by atoms with Crippen LogP contribution in [0.25, 0.3) is 0 Å². The predicted octanol–water partition coefficient (Wildman–Crippen LogP) is 1.99. The van der Waals surface area contributed by atoms with Crippen LogP contribution in [0.15, 0.2) is 12.3 Å². The third-order valence-electron chi connectivity index (χ3n) is 4.63. The van der Waals surface area contributed by atoms with Crippen LogP contribution in [0.2, 0.25) is 0 Å². The Kier molecular flexibility index (Phi) is 22.4. The molecule has 4 N–H and O–H groups in total. The Morgan fingerprint density at radius 2 is 1.21 bits per heavy atom. The summed E-state index contributed by atoms with van der Waals surface area (Å²) in [5.41, 5.74) is 0.974. The molecule has 0 aliphatic heterocycles. The number of allylic oxidation sites excluding steroid dienone is 1. The highest BCUT2D eigenvalue weighted by Gasteiger charge is 2.03. The molecule has 0 aromatic rings. The van der Waals surface area contributed by atoms with Crippen molar-refractivity contribution in [3.8, 4) is 0 Å². The number of carboxylic acid groups (broad SMARTS) is 1. The van der Waals surface area contributed by atoms with Gasteiger partial charge in [-0.05, 0) is 51.9 Å². The fraction of sp³-hybridized carbons (Fsp3) is 0.792. The molecule has 0 bridgehead atoms. The van der Waals surface area contributed by atoms with E-state index in [0.717, 1.165) is 44.3 Å². The van der Waals surface area contributed by atoms with Gasteiger partial charge in [-0.25, -0.2) is 0 Å².